The Labute approximate surface area is 168 Å². The van der Waals surface area contributed by atoms with Crippen molar-refractivity contribution in [1.82, 2.24) is 10.2 Å². The zero-order valence-corrected chi connectivity index (χ0v) is 16.6. The average Bonchev–Trinajstić information content (AvgIpc) is 2.65. The number of carbonyl (C=O) groups excluding carboxylic acids is 2. The van der Waals surface area contributed by atoms with Crippen LogP contribution in [0.25, 0.3) is 0 Å². The molecule has 144 valence electrons. The minimum atomic E-state index is -0.721. The molecule has 0 bridgehead atoms. The zero-order valence-electron chi connectivity index (χ0n) is 15.1. The van der Waals surface area contributed by atoms with Gasteiger partial charge in [0.25, 0.3) is 0 Å². The molecule has 0 fully saturated rings. The molecule has 0 radical (unpaired) electrons. The largest absolute Gasteiger partial charge is 0.357 e. The SMILES string of the molecule is CCC(C(=O)NC)N(Cc1c(Cl)cccc1Cl)C(=O)Cc1ccccc1F. The summed E-state index contributed by atoms with van der Waals surface area (Å²) in [5.74, 6) is -1.15. The molecule has 0 aliphatic heterocycles. The summed E-state index contributed by atoms with van der Waals surface area (Å²) in [6.45, 7) is 1.86. The molecule has 7 heteroatoms. The van der Waals surface area contributed by atoms with Gasteiger partial charge in [-0.1, -0.05) is 54.4 Å². The molecule has 0 saturated carbocycles. The molecule has 2 amide bonds. The lowest BCUT2D eigenvalue weighted by atomic mass is 10.1. The number of rotatable bonds is 7. The number of benzene rings is 2. The second-order valence-corrected chi connectivity index (χ2v) is 6.84. The van der Waals surface area contributed by atoms with Crippen molar-refractivity contribution in [3.63, 3.8) is 0 Å². The number of amides is 2. The molecule has 0 saturated heterocycles. The Balaban J connectivity index is 2.38. The highest BCUT2D eigenvalue weighted by Gasteiger charge is 2.29. The fraction of sp³-hybridized carbons (Fsp3) is 0.300. The van der Waals surface area contributed by atoms with Crippen LogP contribution >= 0.6 is 23.2 Å². The van der Waals surface area contributed by atoms with E-state index in [1.54, 1.807) is 43.3 Å². The lowest BCUT2D eigenvalue weighted by Crippen LogP contribution is -2.48. The van der Waals surface area contributed by atoms with Crippen molar-refractivity contribution in [2.45, 2.75) is 32.4 Å². The second-order valence-electron chi connectivity index (χ2n) is 6.03. The van der Waals surface area contributed by atoms with Gasteiger partial charge in [0.1, 0.15) is 11.9 Å². The average molecular weight is 411 g/mol. The second kappa shape index (κ2) is 9.72. The van der Waals surface area contributed by atoms with Crippen molar-refractivity contribution in [1.29, 1.82) is 0 Å². The molecule has 0 aliphatic carbocycles. The van der Waals surface area contributed by atoms with E-state index in [0.717, 1.165) is 0 Å². The molecule has 2 rings (SSSR count). The van der Waals surface area contributed by atoms with Gasteiger partial charge in [0.15, 0.2) is 0 Å². The molecule has 1 N–H and O–H groups in total. The van der Waals surface area contributed by atoms with E-state index in [9.17, 15) is 14.0 Å². The number of hydrogen-bond donors (Lipinski definition) is 1. The van der Waals surface area contributed by atoms with Crippen LogP contribution in [0.2, 0.25) is 10.0 Å². The maximum absolute atomic E-state index is 14.0. The Hall–Kier alpha value is -2.11. The summed E-state index contributed by atoms with van der Waals surface area (Å²) in [6, 6.07) is 10.4. The van der Waals surface area contributed by atoms with Crippen LogP contribution in [0.15, 0.2) is 42.5 Å². The summed E-state index contributed by atoms with van der Waals surface area (Å²) in [4.78, 5) is 26.7. The molecular formula is C20H21Cl2FN2O2. The van der Waals surface area contributed by atoms with Crippen molar-refractivity contribution in [2.75, 3.05) is 7.05 Å². The lowest BCUT2D eigenvalue weighted by molar-refractivity contribution is -0.140. The van der Waals surface area contributed by atoms with Crippen molar-refractivity contribution in [2.24, 2.45) is 0 Å². The van der Waals surface area contributed by atoms with E-state index in [2.05, 4.69) is 5.32 Å². The predicted molar refractivity (Wildman–Crippen MR) is 105 cm³/mol. The van der Waals surface area contributed by atoms with Crippen LogP contribution in [0.4, 0.5) is 4.39 Å². The molecule has 1 atom stereocenters. The van der Waals surface area contributed by atoms with Crippen LogP contribution < -0.4 is 5.32 Å². The third kappa shape index (κ3) is 5.21. The first-order chi connectivity index (χ1) is 12.9. The van der Waals surface area contributed by atoms with Crippen LogP contribution in [0.1, 0.15) is 24.5 Å². The number of hydrogen-bond acceptors (Lipinski definition) is 2. The quantitative estimate of drug-likeness (QED) is 0.742. The Morgan fingerprint density at radius 3 is 2.30 bits per heavy atom. The van der Waals surface area contributed by atoms with E-state index >= 15 is 0 Å². The number of halogens is 3. The Morgan fingerprint density at radius 2 is 1.74 bits per heavy atom. The standard InChI is InChI=1S/C20H21Cl2FN2O2/c1-3-18(20(27)24-2)25(12-14-15(21)8-6-9-16(14)22)19(26)11-13-7-4-5-10-17(13)23/h4-10,18H,3,11-12H2,1-2H3,(H,24,27). The third-order valence-electron chi connectivity index (χ3n) is 4.32. The Bertz CT molecular complexity index is 809. The van der Waals surface area contributed by atoms with E-state index in [0.29, 0.717) is 22.0 Å². The van der Waals surface area contributed by atoms with Gasteiger partial charge in [-0.15, -0.1) is 0 Å². The number of nitrogens with zero attached hydrogens (tertiary/aromatic N) is 1. The van der Waals surface area contributed by atoms with Gasteiger partial charge in [-0.2, -0.15) is 0 Å². The van der Waals surface area contributed by atoms with Crippen LogP contribution in [-0.2, 0) is 22.6 Å². The van der Waals surface area contributed by atoms with E-state index in [1.165, 1.54) is 18.0 Å². The molecule has 2 aromatic carbocycles. The first-order valence-electron chi connectivity index (χ1n) is 8.56. The van der Waals surface area contributed by atoms with Crippen molar-refractivity contribution in [3.8, 4) is 0 Å². The molecule has 0 aromatic heterocycles. The van der Waals surface area contributed by atoms with Gasteiger partial charge in [0.05, 0.1) is 6.42 Å². The highest BCUT2D eigenvalue weighted by molar-refractivity contribution is 6.36. The zero-order chi connectivity index (χ0) is 20.0. The molecule has 4 nitrogen and oxygen atoms in total. The molecular weight excluding hydrogens is 390 g/mol. The summed E-state index contributed by atoms with van der Waals surface area (Å²) in [6.07, 6.45) is 0.229. The lowest BCUT2D eigenvalue weighted by Gasteiger charge is -2.31. The van der Waals surface area contributed by atoms with Crippen LogP contribution in [0.3, 0.4) is 0 Å². The summed E-state index contributed by atoms with van der Waals surface area (Å²) < 4.78 is 14.0. The molecule has 0 spiro atoms. The van der Waals surface area contributed by atoms with Crippen molar-refractivity contribution in [3.05, 3.63) is 69.5 Å². The first kappa shape index (κ1) is 21.2. The van der Waals surface area contributed by atoms with Crippen molar-refractivity contribution >= 4 is 35.0 Å². The van der Waals surface area contributed by atoms with Crippen molar-refractivity contribution < 1.29 is 14.0 Å². The van der Waals surface area contributed by atoms with Gasteiger partial charge in [-0.05, 0) is 30.2 Å². The van der Waals surface area contributed by atoms with Crippen LogP contribution in [-0.4, -0.2) is 29.8 Å². The first-order valence-corrected chi connectivity index (χ1v) is 9.32. The monoisotopic (exact) mass is 410 g/mol. The highest BCUT2D eigenvalue weighted by Crippen LogP contribution is 2.27. The number of carbonyl (C=O) groups is 2. The molecule has 0 heterocycles. The summed E-state index contributed by atoms with van der Waals surface area (Å²) >= 11 is 12.5. The maximum Gasteiger partial charge on any atom is 0.242 e. The topological polar surface area (TPSA) is 49.4 Å². The molecule has 27 heavy (non-hydrogen) atoms. The van der Waals surface area contributed by atoms with E-state index < -0.39 is 11.9 Å². The van der Waals surface area contributed by atoms with Gasteiger partial charge in [-0.25, -0.2) is 4.39 Å². The maximum atomic E-state index is 14.0. The van der Waals surface area contributed by atoms with Gasteiger partial charge in [-0.3, -0.25) is 9.59 Å². The Kier molecular flexibility index (Phi) is 7.63. The third-order valence-corrected chi connectivity index (χ3v) is 5.03. The van der Waals surface area contributed by atoms with Gasteiger partial charge in [0.2, 0.25) is 11.8 Å². The normalized spacial score (nSPS) is 11.7. The van der Waals surface area contributed by atoms with Crippen LogP contribution in [0, 0.1) is 5.82 Å². The minimum Gasteiger partial charge on any atom is -0.357 e. The molecule has 2 aromatic rings. The number of nitrogens with one attached hydrogen (secondary N) is 1. The molecule has 1 unspecified atom stereocenters. The van der Waals surface area contributed by atoms with E-state index in [1.807, 2.05) is 0 Å². The summed E-state index contributed by atoms with van der Waals surface area (Å²) in [5.41, 5.74) is 0.814. The highest BCUT2D eigenvalue weighted by atomic mass is 35.5. The molecule has 0 aliphatic rings. The van der Waals surface area contributed by atoms with E-state index in [4.69, 9.17) is 23.2 Å². The van der Waals surface area contributed by atoms with Crippen LogP contribution in [0.5, 0.6) is 0 Å². The van der Waals surface area contributed by atoms with Gasteiger partial charge in [0, 0.05) is 29.2 Å². The summed E-state index contributed by atoms with van der Waals surface area (Å²) in [5, 5.41) is 3.37. The van der Waals surface area contributed by atoms with Gasteiger partial charge < -0.3 is 10.2 Å². The van der Waals surface area contributed by atoms with Gasteiger partial charge >= 0.3 is 0 Å². The smallest absolute Gasteiger partial charge is 0.242 e. The predicted octanol–water partition coefficient (Wildman–Crippen LogP) is 4.23. The Morgan fingerprint density at radius 1 is 1.11 bits per heavy atom. The minimum absolute atomic E-state index is 0.0533. The fourth-order valence-corrected chi connectivity index (χ4v) is 3.36. The fourth-order valence-electron chi connectivity index (χ4n) is 2.85. The van der Waals surface area contributed by atoms with E-state index in [-0.39, 0.29) is 30.3 Å². The number of likely N-dealkylation sites (N-methyl/N-ethyl adjacent to an activating group) is 1. The summed E-state index contributed by atoms with van der Waals surface area (Å²) in [7, 11) is 1.51.